The lowest BCUT2D eigenvalue weighted by atomic mass is 9.88. The first kappa shape index (κ1) is 19.3. The number of carbonyl (C=O) groups excluding carboxylic acids is 2. The largest absolute Gasteiger partial charge is 0.462 e. The zero-order chi connectivity index (χ0) is 18.8. The van der Waals surface area contributed by atoms with Gasteiger partial charge in [-0.2, -0.15) is 5.26 Å². The Kier molecular flexibility index (Phi) is 5.73. The first-order chi connectivity index (χ1) is 11.7. The van der Waals surface area contributed by atoms with Crippen LogP contribution in [0.2, 0.25) is 0 Å². The van der Waals surface area contributed by atoms with Gasteiger partial charge in [-0.25, -0.2) is 9.59 Å². The van der Waals surface area contributed by atoms with E-state index in [0.717, 1.165) is 17.5 Å². The number of fused-ring (bicyclic) bond motifs is 1. The molecule has 1 aromatic rings. The summed E-state index contributed by atoms with van der Waals surface area (Å²) in [5, 5.41) is 9.41. The van der Waals surface area contributed by atoms with E-state index >= 15 is 0 Å². The summed E-state index contributed by atoms with van der Waals surface area (Å²) in [5.41, 5.74) is 1.21. The van der Waals surface area contributed by atoms with Crippen molar-refractivity contribution in [3.05, 3.63) is 20.9 Å². The van der Waals surface area contributed by atoms with Crippen molar-refractivity contribution < 1.29 is 19.1 Å². The average molecular weight is 364 g/mol. The monoisotopic (exact) mass is 364 g/mol. The van der Waals surface area contributed by atoms with Crippen molar-refractivity contribution in [1.82, 2.24) is 4.90 Å². The molecule has 1 atom stereocenters. The quantitative estimate of drug-likeness (QED) is 0.767. The Morgan fingerprint density at radius 3 is 2.60 bits per heavy atom. The molecule has 0 saturated heterocycles. The first-order valence-corrected chi connectivity index (χ1v) is 9.17. The fourth-order valence-corrected chi connectivity index (χ4v) is 3.96. The topological polar surface area (TPSA) is 79.6 Å². The van der Waals surface area contributed by atoms with Crippen LogP contribution < -0.4 is 0 Å². The van der Waals surface area contributed by atoms with E-state index in [-0.39, 0.29) is 18.1 Å². The molecule has 0 bridgehead atoms. The molecule has 1 heterocycles. The average Bonchev–Trinajstić information content (AvgIpc) is 2.90. The first-order valence-electron chi connectivity index (χ1n) is 8.35. The van der Waals surface area contributed by atoms with Crippen LogP contribution in [-0.4, -0.2) is 42.3 Å². The summed E-state index contributed by atoms with van der Waals surface area (Å²) in [6, 6.07) is 2.12. The van der Waals surface area contributed by atoms with Gasteiger partial charge >= 0.3 is 12.1 Å². The molecule has 0 N–H and O–H groups in total. The molecular weight excluding hydrogens is 340 g/mol. The summed E-state index contributed by atoms with van der Waals surface area (Å²) in [4.78, 5) is 27.1. The van der Waals surface area contributed by atoms with Gasteiger partial charge in [0.25, 0.3) is 0 Å². The Bertz CT molecular complexity index is 712. The Labute approximate surface area is 152 Å². The van der Waals surface area contributed by atoms with Crippen LogP contribution in [0.3, 0.4) is 0 Å². The number of ether oxygens (including phenoxy) is 2. The Balaban J connectivity index is 2.22. The van der Waals surface area contributed by atoms with Gasteiger partial charge < -0.3 is 14.4 Å². The molecule has 7 heteroatoms. The highest BCUT2D eigenvalue weighted by Gasteiger charge is 2.33. The minimum atomic E-state index is -0.553. The number of carbonyl (C=O) groups is 2. The molecule has 136 valence electrons. The molecule has 25 heavy (non-hydrogen) atoms. The maximum absolute atomic E-state index is 12.3. The number of hydrogen-bond donors (Lipinski definition) is 0. The molecule has 0 spiro atoms. The number of likely N-dealkylation sites (N-methyl/N-ethyl adjacent to an activating group) is 1. The second kappa shape index (κ2) is 7.44. The van der Waals surface area contributed by atoms with Gasteiger partial charge in [-0.05, 0) is 58.1 Å². The van der Waals surface area contributed by atoms with Gasteiger partial charge in [-0.15, -0.1) is 11.3 Å². The van der Waals surface area contributed by atoms with Gasteiger partial charge in [-0.3, -0.25) is 0 Å². The van der Waals surface area contributed by atoms with Gasteiger partial charge in [0.2, 0.25) is 0 Å². The molecule has 1 amide bonds. The molecule has 0 aromatic carbocycles. The number of esters is 1. The van der Waals surface area contributed by atoms with E-state index in [0.29, 0.717) is 29.2 Å². The summed E-state index contributed by atoms with van der Waals surface area (Å²) in [5.74, 6) is -0.371. The minimum absolute atomic E-state index is 0.0564. The number of amides is 1. The van der Waals surface area contributed by atoms with Crippen molar-refractivity contribution in [3.8, 4) is 6.07 Å². The van der Waals surface area contributed by atoms with Gasteiger partial charge in [-0.1, -0.05) is 0 Å². The van der Waals surface area contributed by atoms with Gasteiger partial charge in [0.15, 0.2) is 0 Å². The molecule has 6 nitrogen and oxygen atoms in total. The Hall–Kier alpha value is -2.07. The van der Waals surface area contributed by atoms with Crippen LogP contribution in [0.5, 0.6) is 0 Å². The molecule has 1 aliphatic carbocycles. The SMILES string of the molecule is CCOC(=O)c1sc(C#N)c2c1CCC(N(C)C(=O)OC(C)(C)C)C2. The normalized spacial score (nSPS) is 16.6. The molecule has 1 aliphatic rings. The highest BCUT2D eigenvalue weighted by atomic mass is 32.1. The molecule has 0 fully saturated rings. The lowest BCUT2D eigenvalue weighted by molar-refractivity contribution is 0.0209. The number of nitriles is 1. The smallest absolute Gasteiger partial charge is 0.410 e. The summed E-state index contributed by atoms with van der Waals surface area (Å²) < 4.78 is 10.5. The number of nitrogens with zero attached hydrogens (tertiary/aromatic N) is 2. The predicted molar refractivity (Wildman–Crippen MR) is 94.8 cm³/mol. The van der Waals surface area contributed by atoms with Crippen molar-refractivity contribution in [2.24, 2.45) is 0 Å². The van der Waals surface area contributed by atoms with E-state index in [1.807, 2.05) is 20.8 Å². The van der Waals surface area contributed by atoms with Crippen LogP contribution in [0.15, 0.2) is 0 Å². The zero-order valence-electron chi connectivity index (χ0n) is 15.3. The standard InChI is InChI=1S/C18H24N2O4S/c1-6-23-16(21)15-12-8-7-11(9-13(12)14(10-19)25-15)20(5)17(22)24-18(2,3)4/h11H,6-9H2,1-5H3. The van der Waals surface area contributed by atoms with Gasteiger partial charge in [0.05, 0.1) is 6.61 Å². The van der Waals surface area contributed by atoms with Gasteiger partial charge in [0, 0.05) is 13.1 Å². The van der Waals surface area contributed by atoms with E-state index < -0.39 is 5.60 Å². The Morgan fingerprint density at radius 1 is 1.36 bits per heavy atom. The summed E-state index contributed by atoms with van der Waals surface area (Å²) in [7, 11) is 1.72. The van der Waals surface area contributed by atoms with Crippen molar-refractivity contribution in [1.29, 1.82) is 5.26 Å². The van der Waals surface area contributed by atoms with Crippen molar-refractivity contribution in [2.75, 3.05) is 13.7 Å². The third-order valence-electron chi connectivity index (χ3n) is 4.08. The van der Waals surface area contributed by atoms with Crippen LogP contribution in [0, 0.1) is 11.3 Å². The summed E-state index contributed by atoms with van der Waals surface area (Å²) in [6.07, 6.45) is 1.53. The van der Waals surface area contributed by atoms with Gasteiger partial charge in [0.1, 0.15) is 21.4 Å². The molecule has 0 radical (unpaired) electrons. The van der Waals surface area contributed by atoms with Crippen molar-refractivity contribution >= 4 is 23.4 Å². The molecule has 0 saturated carbocycles. The second-order valence-electron chi connectivity index (χ2n) is 7.04. The van der Waals surface area contributed by atoms with E-state index in [9.17, 15) is 14.9 Å². The maximum atomic E-state index is 12.3. The number of rotatable bonds is 3. The van der Waals surface area contributed by atoms with Crippen LogP contribution >= 0.6 is 11.3 Å². The lowest BCUT2D eigenvalue weighted by Crippen LogP contribution is -2.43. The van der Waals surface area contributed by atoms with Crippen LogP contribution in [0.4, 0.5) is 4.79 Å². The van der Waals surface area contributed by atoms with E-state index in [1.54, 1.807) is 18.9 Å². The maximum Gasteiger partial charge on any atom is 0.410 e. The van der Waals surface area contributed by atoms with Crippen molar-refractivity contribution in [2.45, 2.75) is 58.6 Å². The van der Waals surface area contributed by atoms with Crippen LogP contribution in [0.25, 0.3) is 0 Å². The zero-order valence-corrected chi connectivity index (χ0v) is 16.2. The third-order valence-corrected chi connectivity index (χ3v) is 5.23. The fraction of sp³-hybridized carbons (Fsp3) is 0.611. The Morgan fingerprint density at radius 2 is 2.04 bits per heavy atom. The molecule has 0 aliphatic heterocycles. The van der Waals surface area contributed by atoms with E-state index in [2.05, 4.69) is 6.07 Å². The van der Waals surface area contributed by atoms with Crippen LogP contribution in [0.1, 0.15) is 59.8 Å². The van der Waals surface area contributed by atoms with Crippen LogP contribution in [-0.2, 0) is 22.3 Å². The molecule has 1 unspecified atom stereocenters. The highest BCUT2D eigenvalue weighted by Crippen LogP contribution is 2.36. The summed E-state index contributed by atoms with van der Waals surface area (Å²) >= 11 is 1.19. The number of hydrogen-bond acceptors (Lipinski definition) is 6. The lowest BCUT2D eigenvalue weighted by Gasteiger charge is -2.33. The van der Waals surface area contributed by atoms with E-state index in [4.69, 9.17) is 9.47 Å². The highest BCUT2D eigenvalue weighted by molar-refractivity contribution is 7.14. The molecule has 2 rings (SSSR count). The summed E-state index contributed by atoms with van der Waals surface area (Å²) in [6.45, 7) is 7.55. The number of thiophene rings is 1. The molecular formula is C18H24N2O4S. The minimum Gasteiger partial charge on any atom is -0.462 e. The molecule has 1 aromatic heterocycles. The predicted octanol–water partition coefficient (Wildman–Crippen LogP) is 3.52. The van der Waals surface area contributed by atoms with Crippen molar-refractivity contribution in [3.63, 3.8) is 0 Å². The van der Waals surface area contributed by atoms with E-state index in [1.165, 1.54) is 11.3 Å². The third kappa shape index (κ3) is 4.31. The second-order valence-corrected chi connectivity index (χ2v) is 8.06. The fourth-order valence-electron chi connectivity index (χ4n) is 2.89.